The lowest BCUT2D eigenvalue weighted by atomic mass is 10.0. The summed E-state index contributed by atoms with van der Waals surface area (Å²) in [4.78, 5) is 11.5. The van der Waals surface area contributed by atoms with Gasteiger partial charge in [-0.3, -0.25) is 4.79 Å². The van der Waals surface area contributed by atoms with Crippen LogP contribution in [0.5, 0.6) is 0 Å². The molecule has 0 spiro atoms. The molecule has 0 bridgehead atoms. The molecule has 0 unspecified atom stereocenters. The molecular formula is C14H12Cl2N2O. The molecule has 1 aromatic carbocycles. The largest absolute Gasteiger partial charge is 0.294 e. The van der Waals surface area contributed by atoms with E-state index < -0.39 is 4.84 Å². The fraction of sp³-hybridized carbons (Fsp3) is 0.214. The van der Waals surface area contributed by atoms with Gasteiger partial charge in [0, 0.05) is 5.56 Å². The third kappa shape index (κ3) is 3.75. The molecule has 0 aliphatic carbocycles. The second-order valence-electron chi connectivity index (χ2n) is 4.19. The van der Waals surface area contributed by atoms with Gasteiger partial charge in [0.1, 0.15) is 4.84 Å². The van der Waals surface area contributed by atoms with Crippen molar-refractivity contribution in [3.8, 4) is 0 Å². The van der Waals surface area contributed by atoms with Crippen LogP contribution in [0.25, 0.3) is 0 Å². The van der Waals surface area contributed by atoms with Gasteiger partial charge in [-0.2, -0.15) is 10.2 Å². The molecule has 1 aromatic heterocycles. The average Bonchev–Trinajstić information content (AvgIpc) is 2.41. The molecule has 0 saturated heterocycles. The van der Waals surface area contributed by atoms with Crippen LogP contribution in [0, 0.1) is 6.92 Å². The van der Waals surface area contributed by atoms with E-state index in [1.54, 1.807) is 24.3 Å². The number of halogens is 2. The van der Waals surface area contributed by atoms with E-state index in [9.17, 15) is 4.79 Å². The highest BCUT2D eigenvalue weighted by atomic mass is 35.5. The van der Waals surface area contributed by atoms with Crippen LogP contribution in [0.1, 0.15) is 32.1 Å². The molecule has 2 aromatic rings. The maximum absolute atomic E-state index is 12.0. The first-order valence-electron chi connectivity index (χ1n) is 5.77. The minimum absolute atomic E-state index is 0.00889. The van der Waals surface area contributed by atoms with Crippen LogP contribution in [-0.2, 0) is 6.42 Å². The van der Waals surface area contributed by atoms with Crippen molar-refractivity contribution in [1.29, 1.82) is 0 Å². The third-order valence-electron chi connectivity index (χ3n) is 2.68. The van der Waals surface area contributed by atoms with Crippen molar-refractivity contribution in [2.45, 2.75) is 18.2 Å². The highest BCUT2D eigenvalue weighted by molar-refractivity contribution is 6.44. The van der Waals surface area contributed by atoms with E-state index in [2.05, 4.69) is 10.2 Å². The summed E-state index contributed by atoms with van der Waals surface area (Å²) >= 11 is 11.5. The number of aryl methyl sites for hydroxylation is 1. The number of alkyl halides is 2. The molecule has 1 heterocycles. The van der Waals surface area contributed by atoms with E-state index in [0.717, 1.165) is 11.3 Å². The van der Waals surface area contributed by atoms with E-state index in [0.29, 0.717) is 11.3 Å². The number of ketones is 1. The van der Waals surface area contributed by atoms with Gasteiger partial charge in [-0.05, 0) is 24.6 Å². The van der Waals surface area contributed by atoms with Crippen LogP contribution in [0.15, 0.2) is 36.4 Å². The molecule has 0 aliphatic heterocycles. The second kappa shape index (κ2) is 6.13. The van der Waals surface area contributed by atoms with Crippen molar-refractivity contribution >= 4 is 29.0 Å². The predicted octanol–water partition coefficient (Wildman–Crippen LogP) is 3.69. The Hall–Kier alpha value is -1.45. The molecule has 0 radical (unpaired) electrons. The Morgan fingerprint density at radius 1 is 1.11 bits per heavy atom. The molecule has 19 heavy (non-hydrogen) atoms. The van der Waals surface area contributed by atoms with Crippen LogP contribution in [0.2, 0.25) is 0 Å². The van der Waals surface area contributed by atoms with Crippen molar-refractivity contribution in [3.63, 3.8) is 0 Å². The molecule has 0 N–H and O–H groups in total. The lowest BCUT2D eigenvalue weighted by Gasteiger charge is -2.04. The smallest absolute Gasteiger partial charge is 0.168 e. The minimum Gasteiger partial charge on any atom is -0.294 e. The number of benzene rings is 1. The predicted molar refractivity (Wildman–Crippen MR) is 75.7 cm³/mol. The van der Waals surface area contributed by atoms with Crippen molar-refractivity contribution in [1.82, 2.24) is 10.2 Å². The zero-order valence-corrected chi connectivity index (χ0v) is 11.8. The maximum atomic E-state index is 12.0. The van der Waals surface area contributed by atoms with Crippen LogP contribution in [0.4, 0.5) is 0 Å². The summed E-state index contributed by atoms with van der Waals surface area (Å²) in [7, 11) is 0. The molecule has 0 aliphatic rings. The number of carbonyl (C=O) groups excluding carboxylic acids is 1. The summed E-state index contributed by atoms with van der Waals surface area (Å²) in [6, 6.07) is 10.6. The Bertz CT molecular complexity index is 565. The highest BCUT2D eigenvalue weighted by Gasteiger charge is 2.10. The molecular weight excluding hydrogens is 283 g/mol. The van der Waals surface area contributed by atoms with Crippen molar-refractivity contribution in [3.05, 3.63) is 58.9 Å². The Morgan fingerprint density at radius 3 is 2.32 bits per heavy atom. The van der Waals surface area contributed by atoms with Gasteiger partial charge in [0.2, 0.25) is 0 Å². The summed E-state index contributed by atoms with van der Waals surface area (Å²) in [6.45, 7) is 1.85. The maximum Gasteiger partial charge on any atom is 0.168 e. The highest BCUT2D eigenvalue weighted by Crippen LogP contribution is 2.24. The SMILES string of the molecule is Cc1ccc(CC(=O)c2ccc(C(Cl)Cl)cc2)nn1. The number of rotatable bonds is 4. The van der Waals surface area contributed by atoms with E-state index in [1.165, 1.54) is 0 Å². The van der Waals surface area contributed by atoms with Gasteiger partial charge >= 0.3 is 0 Å². The Kier molecular flexibility index (Phi) is 4.51. The zero-order valence-electron chi connectivity index (χ0n) is 10.3. The van der Waals surface area contributed by atoms with Gasteiger partial charge < -0.3 is 0 Å². The fourth-order valence-electron chi connectivity index (χ4n) is 1.60. The van der Waals surface area contributed by atoms with Gasteiger partial charge in [-0.1, -0.05) is 24.3 Å². The summed E-state index contributed by atoms with van der Waals surface area (Å²) < 4.78 is 0. The first-order valence-corrected chi connectivity index (χ1v) is 6.64. The summed E-state index contributed by atoms with van der Waals surface area (Å²) in [6.07, 6.45) is 0.234. The number of carbonyl (C=O) groups is 1. The Morgan fingerprint density at radius 2 is 1.79 bits per heavy atom. The summed E-state index contributed by atoms with van der Waals surface area (Å²) in [5.74, 6) is -0.00889. The van der Waals surface area contributed by atoms with E-state index in [4.69, 9.17) is 23.2 Å². The van der Waals surface area contributed by atoms with Crippen LogP contribution in [-0.4, -0.2) is 16.0 Å². The van der Waals surface area contributed by atoms with E-state index >= 15 is 0 Å². The van der Waals surface area contributed by atoms with Gasteiger partial charge in [0.15, 0.2) is 5.78 Å². The van der Waals surface area contributed by atoms with Crippen molar-refractivity contribution in [2.75, 3.05) is 0 Å². The Labute approximate surface area is 121 Å². The van der Waals surface area contributed by atoms with Crippen molar-refractivity contribution < 1.29 is 4.79 Å². The van der Waals surface area contributed by atoms with Gasteiger partial charge in [-0.25, -0.2) is 0 Å². The zero-order chi connectivity index (χ0) is 13.8. The summed E-state index contributed by atoms with van der Waals surface area (Å²) in [5.41, 5.74) is 2.87. The number of hydrogen-bond donors (Lipinski definition) is 0. The number of nitrogens with zero attached hydrogens (tertiary/aromatic N) is 2. The monoisotopic (exact) mass is 294 g/mol. The first-order chi connectivity index (χ1) is 9.06. The van der Waals surface area contributed by atoms with Gasteiger partial charge in [0.05, 0.1) is 17.8 Å². The standard InChI is InChI=1S/C14H12Cl2N2O/c1-9-2-7-12(18-17-9)8-13(19)10-3-5-11(6-4-10)14(15)16/h2-7,14H,8H2,1H3. The lowest BCUT2D eigenvalue weighted by Crippen LogP contribution is -2.06. The number of Topliss-reactive ketones (excluding diaryl/α,β-unsaturated/α-hetero) is 1. The first kappa shape index (κ1) is 14.0. The van der Waals surface area contributed by atoms with Crippen LogP contribution in [0.3, 0.4) is 0 Å². The molecule has 0 fully saturated rings. The number of hydrogen-bond acceptors (Lipinski definition) is 3. The van der Waals surface area contributed by atoms with Crippen LogP contribution >= 0.6 is 23.2 Å². The summed E-state index contributed by atoms with van der Waals surface area (Å²) in [5, 5.41) is 7.90. The molecule has 5 heteroatoms. The van der Waals surface area contributed by atoms with Gasteiger partial charge in [-0.15, -0.1) is 23.2 Å². The molecule has 98 valence electrons. The third-order valence-corrected chi connectivity index (χ3v) is 3.18. The average molecular weight is 295 g/mol. The minimum atomic E-state index is -0.577. The molecule has 0 saturated carbocycles. The fourth-order valence-corrected chi connectivity index (χ4v) is 1.89. The second-order valence-corrected chi connectivity index (χ2v) is 5.28. The van der Waals surface area contributed by atoms with E-state index in [-0.39, 0.29) is 12.2 Å². The lowest BCUT2D eigenvalue weighted by molar-refractivity contribution is 0.0991. The normalized spacial score (nSPS) is 10.7. The molecule has 3 nitrogen and oxygen atoms in total. The Balaban J connectivity index is 2.09. The van der Waals surface area contributed by atoms with Gasteiger partial charge in [0.25, 0.3) is 0 Å². The molecule has 0 atom stereocenters. The topological polar surface area (TPSA) is 42.9 Å². The quantitative estimate of drug-likeness (QED) is 0.638. The number of aromatic nitrogens is 2. The molecule has 2 rings (SSSR count). The van der Waals surface area contributed by atoms with Crippen LogP contribution < -0.4 is 0 Å². The molecule has 0 amide bonds. The van der Waals surface area contributed by atoms with E-state index in [1.807, 2.05) is 19.1 Å². The van der Waals surface area contributed by atoms with Crippen molar-refractivity contribution in [2.24, 2.45) is 0 Å².